The van der Waals surface area contributed by atoms with Crippen LogP contribution in [-0.4, -0.2) is 0 Å². The first-order valence-electron chi connectivity index (χ1n) is 5.50. The van der Waals surface area contributed by atoms with E-state index in [2.05, 4.69) is 0 Å². The molecule has 0 unspecified atom stereocenters. The number of hydrogen-bond acceptors (Lipinski definition) is 1. The molecule has 1 radical (unpaired) electrons. The molecule has 2 rings (SSSR count). The van der Waals surface area contributed by atoms with Crippen LogP contribution in [0.4, 0.5) is 0 Å². The lowest BCUT2D eigenvalue weighted by Gasteiger charge is -2.20. The molecule has 1 saturated carbocycles. The normalized spacial score (nSPS) is 18.0. The molecule has 1 heteroatoms. The second-order valence-corrected chi connectivity index (χ2v) is 3.97. The third kappa shape index (κ3) is 2.76. The lowest BCUT2D eigenvalue weighted by Crippen LogP contribution is -2.10. The summed E-state index contributed by atoms with van der Waals surface area (Å²) in [4.78, 5) is 0. The van der Waals surface area contributed by atoms with Gasteiger partial charge in [-0.05, 0) is 30.9 Å². The molecule has 0 saturated heterocycles. The van der Waals surface area contributed by atoms with E-state index in [9.17, 15) is 0 Å². The molecule has 0 heterocycles. The number of benzene rings is 1. The smallest absolute Gasteiger partial charge is 0.138 e. The van der Waals surface area contributed by atoms with Gasteiger partial charge in [-0.15, -0.1) is 0 Å². The summed E-state index contributed by atoms with van der Waals surface area (Å²) >= 11 is 0. The van der Waals surface area contributed by atoms with Gasteiger partial charge in [0, 0.05) is 0 Å². The fourth-order valence-electron chi connectivity index (χ4n) is 1.94. The van der Waals surface area contributed by atoms with Crippen LogP contribution < -0.4 is 4.74 Å². The summed E-state index contributed by atoms with van der Waals surface area (Å²) in [6, 6.07) is 10.0. The van der Waals surface area contributed by atoms with Gasteiger partial charge < -0.3 is 4.74 Å². The van der Waals surface area contributed by atoms with E-state index in [-0.39, 0.29) is 0 Å². The second kappa shape index (κ2) is 5.04. The number of rotatable bonds is 3. The Bertz CT molecular complexity index is 249. The van der Waals surface area contributed by atoms with E-state index in [1.807, 2.05) is 36.9 Å². The summed E-state index contributed by atoms with van der Waals surface area (Å²) in [6.07, 6.45) is 6.72. The van der Waals surface area contributed by atoms with Crippen molar-refractivity contribution in [2.45, 2.75) is 32.1 Å². The molecule has 1 aliphatic carbocycles. The van der Waals surface area contributed by atoms with Crippen molar-refractivity contribution in [1.29, 1.82) is 0 Å². The molecule has 1 aromatic carbocycles. The molecule has 0 N–H and O–H groups in total. The maximum absolute atomic E-state index is 5.62. The van der Waals surface area contributed by atoms with Gasteiger partial charge >= 0.3 is 0 Å². The molecular formula is C13H17O. The van der Waals surface area contributed by atoms with E-state index < -0.39 is 0 Å². The lowest BCUT2D eigenvalue weighted by atomic mass is 9.90. The molecule has 1 aliphatic rings. The fraction of sp³-hybridized carbons (Fsp3) is 0.462. The van der Waals surface area contributed by atoms with Crippen molar-refractivity contribution in [2.75, 3.05) is 0 Å². The summed E-state index contributed by atoms with van der Waals surface area (Å²) in [6.45, 7) is 2.02. The van der Waals surface area contributed by atoms with Gasteiger partial charge in [-0.25, -0.2) is 0 Å². The monoisotopic (exact) mass is 189 g/mol. The van der Waals surface area contributed by atoms with Crippen LogP contribution in [0.2, 0.25) is 0 Å². The largest absolute Gasteiger partial charge is 0.486 e. The zero-order chi connectivity index (χ0) is 9.64. The minimum atomic E-state index is 0.670. The Hall–Kier alpha value is -0.980. The molecule has 0 aromatic heterocycles. The van der Waals surface area contributed by atoms with E-state index in [4.69, 9.17) is 4.74 Å². The van der Waals surface area contributed by atoms with Crippen LogP contribution in [0.25, 0.3) is 0 Å². The summed E-state index contributed by atoms with van der Waals surface area (Å²) < 4.78 is 5.62. The molecule has 0 aliphatic heterocycles. The molecule has 0 spiro atoms. The lowest BCUT2D eigenvalue weighted by molar-refractivity contribution is 0.278. The van der Waals surface area contributed by atoms with Gasteiger partial charge in [0.05, 0.1) is 0 Å². The molecule has 14 heavy (non-hydrogen) atoms. The van der Waals surface area contributed by atoms with E-state index in [1.54, 1.807) is 0 Å². The average molecular weight is 189 g/mol. The Balaban J connectivity index is 1.76. The van der Waals surface area contributed by atoms with Crippen molar-refractivity contribution in [3.8, 4) is 5.75 Å². The topological polar surface area (TPSA) is 9.23 Å². The van der Waals surface area contributed by atoms with Gasteiger partial charge in [-0.1, -0.05) is 37.5 Å². The average Bonchev–Trinajstić information content (AvgIpc) is 2.29. The summed E-state index contributed by atoms with van der Waals surface area (Å²) in [7, 11) is 0. The highest BCUT2D eigenvalue weighted by atomic mass is 16.5. The summed E-state index contributed by atoms with van der Waals surface area (Å²) in [5.41, 5.74) is 0. The van der Waals surface area contributed by atoms with Crippen molar-refractivity contribution >= 4 is 0 Å². The van der Waals surface area contributed by atoms with Crippen LogP contribution >= 0.6 is 0 Å². The minimum Gasteiger partial charge on any atom is -0.486 e. The Labute approximate surface area is 86.1 Å². The maximum atomic E-state index is 5.62. The third-order valence-electron chi connectivity index (χ3n) is 2.79. The molecule has 1 nitrogen and oxygen atoms in total. The van der Waals surface area contributed by atoms with Gasteiger partial charge in [-0.2, -0.15) is 0 Å². The highest BCUT2D eigenvalue weighted by Gasteiger charge is 2.14. The minimum absolute atomic E-state index is 0.670. The molecule has 1 fully saturated rings. The Morgan fingerprint density at radius 3 is 2.43 bits per heavy atom. The van der Waals surface area contributed by atoms with Crippen molar-refractivity contribution in [3.63, 3.8) is 0 Å². The quantitative estimate of drug-likeness (QED) is 0.702. The zero-order valence-corrected chi connectivity index (χ0v) is 8.49. The van der Waals surface area contributed by atoms with Gasteiger partial charge in [0.25, 0.3) is 0 Å². The summed E-state index contributed by atoms with van der Waals surface area (Å²) in [5.74, 6) is 1.63. The first-order valence-corrected chi connectivity index (χ1v) is 5.50. The predicted octanol–water partition coefficient (Wildman–Crippen LogP) is 3.81. The molecule has 0 bridgehead atoms. The van der Waals surface area contributed by atoms with E-state index in [0.29, 0.717) is 5.92 Å². The Morgan fingerprint density at radius 1 is 1.00 bits per heavy atom. The standard InChI is InChI=1S/C13H17O/c1-3-7-12(8-4-1)11-14-13-9-5-2-6-10-13/h2,5-6,9-12H,1,3-4,7-8H2. The Kier molecular flexibility index (Phi) is 3.44. The highest BCUT2D eigenvalue weighted by molar-refractivity contribution is 5.21. The Morgan fingerprint density at radius 2 is 1.71 bits per heavy atom. The van der Waals surface area contributed by atoms with Crippen LogP contribution in [0.3, 0.4) is 0 Å². The SMILES string of the molecule is [CH](Oc1ccccc1)C1CCCCC1. The van der Waals surface area contributed by atoms with Crippen LogP contribution in [0, 0.1) is 12.5 Å². The van der Waals surface area contributed by atoms with Crippen LogP contribution in [0.5, 0.6) is 5.75 Å². The van der Waals surface area contributed by atoms with Crippen LogP contribution in [0.15, 0.2) is 30.3 Å². The van der Waals surface area contributed by atoms with Crippen LogP contribution in [-0.2, 0) is 0 Å². The first kappa shape index (κ1) is 9.57. The number of hydrogen-bond donors (Lipinski definition) is 0. The van der Waals surface area contributed by atoms with E-state index >= 15 is 0 Å². The molecule has 1 aromatic rings. The number of ether oxygens (including phenoxy) is 1. The van der Waals surface area contributed by atoms with E-state index in [0.717, 1.165) is 5.75 Å². The van der Waals surface area contributed by atoms with E-state index in [1.165, 1.54) is 32.1 Å². The van der Waals surface area contributed by atoms with Crippen molar-refractivity contribution in [3.05, 3.63) is 36.9 Å². The van der Waals surface area contributed by atoms with Gasteiger partial charge in [0.15, 0.2) is 0 Å². The molecule has 0 amide bonds. The summed E-state index contributed by atoms with van der Waals surface area (Å²) in [5, 5.41) is 0. The maximum Gasteiger partial charge on any atom is 0.138 e. The van der Waals surface area contributed by atoms with Crippen molar-refractivity contribution in [1.82, 2.24) is 0 Å². The van der Waals surface area contributed by atoms with Crippen molar-refractivity contribution < 1.29 is 4.74 Å². The van der Waals surface area contributed by atoms with Crippen molar-refractivity contribution in [2.24, 2.45) is 5.92 Å². The van der Waals surface area contributed by atoms with Gasteiger partial charge in [0.1, 0.15) is 12.4 Å². The fourth-order valence-corrected chi connectivity index (χ4v) is 1.94. The third-order valence-corrected chi connectivity index (χ3v) is 2.79. The first-order chi connectivity index (χ1) is 6.95. The molecular weight excluding hydrogens is 172 g/mol. The highest BCUT2D eigenvalue weighted by Crippen LogP contribution is 2.26. The number of para-hydroxylation sites is 1. The predicted molar refractivity (Wildman–Crippen MR) is 57.9 cm³/mol. The zero-order valence-electron chi connectivity index (χ0n) is 8.49. The van der Waals surface area contributed by atoms with Crippen LogP contribution in [0.1, 0.15) is 32.1 Å². The second-order valence-electron chi connectivity index (χ2n) is 3.97. The molecule has 0 atom stereocenters. The molecule has 75 valence electrons. The van der Waals surface area contributed by atoms with Gasteiger partial charge in [-0.3, -0.25) is 0 Å². The van der Waals surface area contributed by atoms with Gasteiger partial charge in [0.2, 0.25) is 0 Å².